The second-order valence-electron chi connectivity index (χ2n) is 3.77. The lowest BCUT2D eigenvalue weighted by Gasteiger charge is -2.16. The van der Waals surface area contributed by atoms with Crippen LogP contribution in [0.3, 0.4) is 0 Å². The van der Waals surface area contributed by atoms with E-state index in [2.05, 4.69) is 9.97 Å². The summed E-state index contributed by atoms with van der Waals surface area (Å²) in [5.74, 6) is 1.74. The number of nitrogens with zero attached hydrogens (tertiary/aromatic N) is 4. The zero-order chi connectivity index (χ0) is 11.0. The van der Waals surface area contributed by atoms with Crippen LogP contribution in [0.1, 0.15) is 0 Å². The zero-order valence-electron chi connectivity index (χ0n) is 9.35. The van der Waals surface area contributed by atoms with Gasteiger partial charge < -0.3 is 9.80 Å². The molecule has 80 valence electrons. The highest BCUT2D eigenvalue weighted by molar-refractivity contribution is 7.17. The number of hydrogen-bond donors (Lipinski definition) is 0. The third kappa shape index (κ3) is 1.74. The number of thiophene rings is 1. The zero-order valence-corrected chi connectivity index (χ0v) is 10.2. The lowest BCUT2D eigenvalue weighted by molar-refractivity contribution is 0.990. The molecule has 2 aromatic heterocycles. The summed E-state index contributed by atoms with van der Waals surface area (Å²) in [6.45, 7) is 0. The Morgan fingerprint density at radius 2 is 1.80 bits per heavy atom. The second kappa shape index (κ2) is 3.66. The molecule has 4 nitrogen and oxygen atoms in total. The average Bonchev–Trinajstić information content (AvgIpc) is 2.62. The summed E-state index contributed by atoms with van der Waals surface area (Å²) in [4.78, 5) is 12.9. The fourth-order valence-corrected chi connectivity index (χ4v) is 2.24. The molecule has 0 atom stereocenters. The molecule has 0 saturated heterocycles. The van der Waals surface area contributed by atoms with E-state index in [0.717, 1.165) is 22.0 Å². The number of anilines is 2. The van der Waals surface area contributed by atoms with E-state index in [9.17, 15) is 0 Å². The van der Waals surface area contributed by atoms with Crippen LogP contribution in [-0.2, 0) is 0 Å². The van der Waals surface area contributed by atoms with Gasteiger partial charge in [0.25, 0.3) is 0 Å². The van der Waals surface area contributed by atoms with Crippen LogP contribution in [0.2, 0.25) is 0 Å². The lowest BCUT2D eigenvalue weighted by atomic mass is 10.4. The maximum atomic E-state index is 4.52. The average molecular weight is 222 g/mol. The Labute approximate surface area is 93.2 Å². The first kappa shape index (κ1) is 10.2. The molecule has 2 aromatic rings. The second-order valence-corrected chi connectivity index (χ2v) is 4.69. The number of rotatable bonds is 2. The van der Waals surface area contributed by atoms with Gasteiger partial charge in [-0.1, -0.05) is 0 Å². The summed E-state index contributed by atoms with van der Waals surface area (Å²) >= 11 is 1.68. The Kier molecular flexibility index (Phi) is 2.48. The summed E-state index contributed by atoms with van der Waals surface area (Å²) in [5.41, 5.74) is 1.02. The van der Waals surface area contributed by atoms with Crippen LogP contribution < -0.4 is 9.80 Å². The molecule has 0 aliphatic rings. The van der Waals surface area contributed by atoms with Crippen LogP contribution in [0.4, 0.5) is 11.8 Å². The molecule has 0 aromatic carbocycles. The molecule has 0 amide bonds. The molecule has 0 fully saturated rings. The van der Waals surface area contributed by atoms with Crippen LogP contribution in [-0.4, -0.2) is 38.2 Å². The van der Waals surface area contributed by atoms with Crippen molar-refractivity contribution >= 4 is 33.3 Å². The van der Waals surface area contributed by atoms with E-state index in [1.807, 2.05) is 49.4 Å². The van der Waals surface area contributed by atoms with Crippen LogP contribution in [0.15, 0.2) is 11.4 Å². The molecule has 0 bridgehead atoms. The van der Waals surface area contributed by atoms with Crippen molar-refractivity contribution in [3.8, 4) is 0 Å². The number of fused-ring (bicyclic) bond motifs is 1. The fourth-order valence-electron chi connectivity index (χ4n) is 1.34. The third-order valence-corrected chi connectivity index (χ3v) is 3.00. The first-order chi connectivity index (χ1) is 7.09. The Balaban J connectivity index is 2.69. The predicted octanol–water partition coefficient (Wildman–Crippen LogP) is 1.82. The lowest BCUT2D eigenvalue weighted by Crippen LogP contribution is -2.16. The van der Waals surface area contributed by atoms with Crippen molar-refractivity contribution < 1.29 is 0 Å². The Morgan fingerprint density at radius 3 is 2.40 bits per heavy atom. The minimum atomic E-state index is 0.754. The molecular weight excluding hydrogens is 208 g/mol. The molecule has 15 heavy (non-hydrogen) atoms. The smallest absolute Gasteiger partial charge is 0.227 e. The van der Waals surface area contributed by atoms with Gasteiger partial charge in [-0.25, -0.2) is 4.98 Å². The van der Waals surface area contributed by atoms with E-state index in [0.29, 0.717) is 0 Å². The highest BCUT2D eigenvalue weighted by atomic mass is 32.1. The molecule has 5 heteroatoms. The molecular formula is C10H14N4S. The van der Waals surface area contributed by atoms with Gasteiger partial charge in [0, 0.05) is 28.2 Å². The Morgan fingerprint density at radius 1 is 1.07 bits per heavy atom. The van der Waals surface area contributed by atoms with Gasteiger partial charge in [0.15, 0.2) is 5.82 Å². The number of hydrogen-bond acceptors (Lipinski definition) is 5. The summed E-state index contributed by atoms with van der Waals surface area (Å²) in [6.07, 6.45) is 0. The fraction of sp³-hybridized carbons (Fsp3) is 0.400. The van der Waals surface area contributed by atoms with Gasteiger partial charge in [0.05, 0.1) is 10.2 Å². The van der Waals surface area contributed by atoms with E-state index in [1.54, 1.807) is 11.3 Å². The molecule has 0 unspecified atom stereocenters. The molecule has 2 heterocycles. The normalized spacial score (nSPS) is 10.7. The molecule has 0 N–H and O–H groups in total. The summed E-state index contributed by atoms with van der Waals surface area (Å²) in [6, 6.07) is 2.03. The SMILES string of the molecule is CN(C)c1nc(N(C)C)c2sccc2n1. The molecule has 2 rings (SSSR count). The molecule has 0 aliphatic heterocycles. The minimum Gasteiger partial charge on any atom is -0.361 e. The summed E-state index contributed by atoms with van der Waals surface area (Å²) < 4.78 is 1.14. The van der Waals surface area contributed by atoms with Crippen molar-refractivity contribution in [2.24, 2.45) is 0 Å². The highest BCUT2D eigenvalue weighted by Gasteiger charge is 2.11. The van der Waals surface area contributed by atoms with Gasteiger partial charge in [-0.2, -0.15) is 4.98 Å². The van der Waals surface area contributed by atoms with Crippen molar-refractivity contribution in [2.75, 3.05) is 38.0 Å². The molecule has 0 saturated carbocycles. The maximum absolute atomic E-state index is 4.52. The Hall–Kier alpha value is -1.36. The van der Waals surface area contributed by atoms with Gasteiger partial charge >= 0.3 is 0 Å². The van der Waals surface area contributed by atoms with Crippen LogP contribution in [0.25, 0.3) is 10.2 Å². The van der Waals surface area contributed by atoms with Crippen LogP contribution >= 0.6 is 11.3 Å². The first-order valence-electron chi connectivity index (χ1n) is 4.69. The van der Waals surface area contributed by atoms with Gasteiger partial charge in [-0.15, -0.1) is 11.3 Å². The van der Waals surface area contributed by atoms with Crippen molar-refractivity contribution in [1.29, 1.82) is 0 Å². The van der Waals surface area contributed by atoms with E-state index in [1.165, 1.54) is 0 Å². The van der Waals surface area contributed by atoms with Crippen molar-refractivity contribution in [1.82, 2.24) is 9.97 Å². The minimum absolute atomic E-state index is 0.754. The van der Waals surface area contributed by atoms with Gasteiger partial charge in [-0.05, 0) is 11.4 Å². The van der Waals surface area contributed by atoms with E-state index < -0.39 is 0 Å². The molecule has 0 aliphatic carbocycles. The number of aromatic nitrogens is 2. The maximum Gasteiger partial charge on any atom is 0.227 e. The van der Waals surface area contributed by atoms with Crippen molar-refractivity contribution in [3.05, 3.63) is 11.4 Å². The monoisotopic (exact) mass is 222 g/mol. The first-order valence-corrected chi connectivity index (χ1v) is 5.57. The van der Waals surface area contributed by atoms with Crippen molar-refractivity contribution in [2.45, 2.75) is 0 Å². The Bertz CT molecular complexity index is 475. The molecule has 0 spiro atoms. The standard InChI is InChI=1S/C10H14N4S/c1-13(2)9-8-7(5-6-15-8)11-10(12-9)14(3)4/h5-6H,1-4H3. The highest BCUT2D eigenvalue weighted by Crippen LogP contribution is 2.29. The summed E-state index contributed by atoms with van der Waals surface area (Å²) in [7, 11) is 7.90. The predicted molar refractivity (Wildman–Crippen MR) is 66.1 cm³/mol. The van der Waals surface area contributed by atoms with E-state index in [-0.39, 0.29) is 0 Å². The van der Waals surface area contributed by atoms with Crippen LogP contribution in [0.5, 0.6) is 0 Å². The third-order valence-electron chi connectivity index (χ3n) is 2.10. The van der Waals surface area contributed by atoms with Gasteiger partial charge in [0.2, 0.25) is 5.95 Å². The molecule has 0 radical (unpaired) electrons. The largest absolute Gasteiger partial charge is 0.361 e. The van der Waals surface area contributed by atoms with Crippen LogP contribution in [0, 0.1) is 0 Å². The van der Waals surface area contributed by atoms with E-state index in [4.69, 9.17) is 0 Å². The topological polar surface area (TPSA) is 32.3 Å². The van der Waals surface area contributed by atoms with E-state index >= 15 is 0 Å². The van der Waals surface area contributed by atoms with Gasteiger partial charge in [0.1, 0.15) is 0 Å². The van der Waals surface area contributed by atoms with Crippen molar-refractivity contribution in [3.63, 3.8) is 0 Å². The summed E-state index contributed by atoms with van der Waals surface area (Å²) in [5, 5.41) is 2.05. The van der Waals surface area contributed by atoms with Gasteiger partial charge in [-0.3, -0.25) is 0 Å². The quantitative estimate of drug-likeness (QED) is 0.776.